The van der Waals surface area contributed by atoms with Gasteiger partial charge in [0.1, 0.15) is 5.82 Å². The van der Waals surface area contributed by atoms with Crippen LogP contribution < -0.4 is 5.73 Å². The van der Waals surface area contributed by atoms with Crippen molar-refractivity contribution >= 4 is 11.6 Å². The van der Waals surface area contributed by atoms with Crippen LogP contribution in [0.4, 0.5) is 10.1 Å². The van der Waals surface area contributed by atoms with Crippen molar-refractivity contribution in [3.63, 3.8) is 0 Å². The lowest BCUT2D eigenvalue weighted by Crippen LogP contribution is -2.49. The van der Waals surface area contributed by atoms with Crippen molar-refractivity contribution in [2.24, 2.45) is 0 Å². The highest BCUT2D eigenvalue weighted by molar-refractivity contribution is 5.94. The molecule has 19 heavy (non-hydrogen) atoms. The minimum Gasteiger partial charge on any atom is -0.396 e. The number of benzene rings is 1. The smallest absolute Gasteiger partial charge is 0.254 e. The Morgan fingerprint density at radius 2 is 2.00 bits per heavy atom. The molecular formula is C13H18FN3O2. The fourth-order valence-electron chi connectivity index (χ4n) is 2.16. The van der Waals surface area contributed by atoms with Gasteiger partial charge in [-0.05, 0) is 18.2 Å². The lowest BCUT2D eigenvalue weighted by Gasteiger charge is -2.34. The predicted molar refractivity (Wildman–Crippen MR) is 70.2 cm³/mol. The zero-order valence-corrected chi connectivity index (χ0v) is 10.7. The first-order chi connectivity index (χ1) is 9.11. The zero-order valence-electron chi connectivity index (χ0n) is 10.7. The number of halogens is 1. The first-order valence-electron chi connectivity index (χ1n) is 6.29. The van der Waals surface area contributed by atoms with Crippen LogP contribution in [0.5, 0.6) is 0 Å². The van der Waals surface area contributed by atoms with E-state index in [0.29, 0.717) is 25.2 Å². The fraction of sp³-hybridized carbons (Fsp3) is 0.462. The second-order valence-corrected chi connectivity index (χ2v) is 4.59. The Kier molecular flexibility index (Phi) is 4.34. The van der Waals surface area contributed by atoms with Gasteiger partial charge in [0.25, 0.3) is 5.91 Å². The van der Waals surface area contributed by atoms with Crippen molar-refractivity contribution in [2.45, 2.75) is 0 Å². The molecule has 1 heterocycles. The molecule has 5 nitrogen and oxygen atoms in total. The number of anilines is 1. The summed E-state index contributed by atoms with van der Waals surface area (Å²) in [6, 6.07) is 4.13. The molecule has 1 saturated heterocycles. The minimum atomic E-state index is -0.565. The Morgan fingerprint density at radius 1 is 1.32 bits per heavy atom. The molecule has 1 aromatic carbocycles. The molecule has 1 aromatic rings. The molecule has 0 saturated carbocycles. The topological polar surface area (TPSA) is 69.8 Å². The summed E-state index contributed by atoms with van der Waals surface area (Å²) in [5, 5.41) is 8.85. The van der Waals surface area contributed by atoms with E-state index in [-0.39, 0.29) is 18.2 Å². The molecule has 3 N–H and O–H groups in total. The predicted octanol–water partition coefficient (Wildman–Crippen LogP) is 0.158. The molecule has 0 aromatic heterocycles. The highest BCUT2D eigenvalue weighted by Crippen LogP contribution is 2.14. The number of rotatable bonds is 3. The molecule has 0 unspecified atom stereocenters. The van der Waals surface area contributed by atoms with Crippen molar-refractivity contribution in [1.82, 2.24) is 9.80 Å². The molecule has 6 heteroatoms. The van der Waals surface area contributed by atoms with E-state index in [1.54, 1.807) is 11.0 Å². The second kappa shape index (κ2) is 5.99. The molecule has 1 aliphatic rings. The van der Waals surface area contributed by atoms with Crippen LogP contribution in [0.2, 0.25) is 0 Å². The second-order valence-electron chi connectivity index (χ2n) is 4.59. The minimum absolute atomic E-state index is 0.0457. The average Bonchev–Trinajstić information content (AvgIpc) is 2.42. The molecule has 0 radical (unpaired) electrons. The van der Waals surface area contributed by atoms with E-state index in [9.17, 15) is 9.18 Å². The third kappa shape index (κ3) is 3.21. The monoisotopic (exact) mass is 267 g/mol. The lowest BCUT2D eigenvalue weighted by atomic mass is 10.1. The Morgan fingerprint density at radius 3 is 2.58 bits per heavy atom. The number of hydrogen-bond acceptors (Lipinski definition) is 4. The molecular weight excluding hydrogens is 249 g/mol. The van der Waals surface area contributed by atoms with Gasteiger partial charge < -0.3 is 15.7 Å². The molecule has 0 atom stereocenters. The number of aliphatic hydroxyl groups is 1. The van der Waals surface area contributed by atoms with Gasteiger partial charge in [0.15, 0.2) is 0 Å². The number of hydrogen-bond donors (Lipinski definition) is 2. The van der Waals surface area contributed by atoms with Crippen molar-refractivity contribution in [1.29, 1.82) is 0 Å². The van der Waals surface area contributed by atoms with Crippen LogP contribution in [-0.2, 0) is 0 Å². The van der Waals surface area contributed by atoms with E-state index in [1.807, 2.05) is 0 Å². The maximum Gasteiger partial charge on any atom is 0.254 e. The summed E-state index contributed by atoms with van der Waals surface area (Å²) in [4.78, 5) is 16.0. The van der Waals surface area contributed by atoms with Gasteiger partial charge in [0.05, 0.1) is 12.3 Å². The van der Waals surface area contributed by atoms with Gasteiger partial charge in [-0.2, -0.15) is 0 Å². The van der Waals surface area contributed by atoms with E-state index < -0.39 is 5.82 Å². The van der Waals surface area contributed by atoms with Crippen LogP contribution in [0.15, 0.2) is 18.2 Å². The Hall–Kier alpha value is -1.66. The summed E-state index contributed by atoms with van der Waals surface area (Å²) in [7, 11) is 0. The van der Waals surface area contributed by atoms with Crippen molar-refractivity contribution in [2.75, 3.05) is 45.1 Å². The van der Waals surface area contributed by atoms with Gasteiger partial charge in [0, 0.05) is 38.3 Å². The molecule has 0 bridgehead atoms. The summed E-state index contributed by atoms with van der Waals surface area (Å²) in [6.45, 7) is 3.37. The number of β-amino-alcohol motifs (C(OH)–C–C–N with tert-alkyl or cyclic N) is 1. The molecule has 0 spiro atoms. The zero-order chi connectivity index (χ0) is 13.8. The SMILES string of the molecule is Nc1ccc(C(=O)N2CCN(CCO)CC2)cc1F. The van der Waals surface area contributed by atoms with Crippen molar-refractivity contribution in [3.05, 3.63) is 29.6 Å². The largest absolute Gasteiger partial charge is 0.396 e. The number of nitrogens with zero attached hydrogens (tertiary/aromatic N) is 2. The van der Waals surface area contributed by atoms with Gasteiger partial charge in [-0.1, -0.05) is 0 Å². The van der Waals surface area contributed by atoms with Crippen LogP contribution >= 0.6 is 0 Å². The first kappa shape index (κ1) is 13.8. The van der Waals surface area contributed by atoms with E-state index in [1.165, 1.54) is 12.1 Å². The van der Waals surface area contributed by atoms with Crippen LogP contribution in [0, 0.1) is 5.82 Å². The summed E-state index contributed by atoms with van der Waals surface area (Å²) in [5.41, 5.74) is 5.76. The number of amides is 1. The number of nitrogen functional groups attached to an aromatic ring is 1. The number of nitrogens with two attached hydrogens (primary N) is 1. The Bertz CT molecular complexity index is 459. The third-order valence-corrected chi connectivity index (χ3v) is 3.32. The standard InChI is InChI=1S/C13H18FN3O2/c14-11-9-10(1-2-12(11)15)13(19)17-5-3-16(4-6-17)7-8-18/h1-2,9,18H,3-8,15H2. The molecule has 0 aliphatic carbocycles. The molecule has 2 rings (SSSR count). The average molecular weight is 267 g/mol. The van der Waals surface area contributed by atoms with E-state index >= 15 is 0 Å². The van der Waals surface area contributed by atoms with Gasteiger partial charge >= 0.3 is 0 Å². The number of aliphatic hydroxyl groups excluding tert-OH is 1. The molecule has 1 amide bonds. The molecule has 1 fully saturated rings. The van der Waals surface area contributed by atoms with Gasteiger partial charge in [-0.15, -0.1) is 0 Å². The molecule has 104 valence electrons. The van der Waals surface area contributed by atoms with Gasteiger partial charge in [-0.25, -0.2) is 4.39 Å². The Balaban J connectivity index is 1.99. The lowest BCUT2D eigenvalue weighted by molar-refractivity contribution is 0.0614. The quantitative estimate of drug-likeness (QED) is 0.765. The maximum atomic E-state index is 13.3. The van der Waals surface area contributed by atoms with E-state index in [0.717, 1.165) is 13.1 Å². The van der Waals surface area contributed by atoms with Gasteiger partial charge in [-0.3, -0.25) is 9.69 Å². The van der Waals surface area contributed by atoms with Gasteiger partial charge in [0.2, 0.25) is 0 Å². The summed E-state index contributed by atoms with van der Waals surface area (Å²) >= 11 is 0. The van der Waals surface area contributed by atoms with Crippen LogP contribution in [0.1, 0.15) is 10.4 Å². The summed E-state index contributed by atoms with van der Waals surface area (Å²) < 4.78 is 13.3. The summed E-state index contributed by atoms with van der Waals surface area (Å²) in [6.07, 6.45) is 0. The van der Waals surface area contributed by atoms with Crippen LogP contribution in [-0.4, -0.2) is 60.1 Å². The summed E-state index contributed by atoms with van der Waals surface area (Å²) in [5.74, 6) is -0.743. The maximum absolute atomic E-state index is 13.3. The first-order valence-corrected chi connectivity index (χ1v) is 6.29. The Labute approximate surface area is 111 Å². The molecule has 1 aliphatic heterocycles. The van der Waals surface area contributed by atoms with Crippen LogP contribution in [0.25, 0.3) is 0 Å². The van der Waals surface area contributed by atoms with Crippen molar-refractivity contribution in [3.8, 4) is 0 Å². The number of carbonyl (C=O) groups is 1. The highest BCUT2D eigenvalue weighted by atomic mass is 19.1. The van der Waals surface area contributed by atoms with E-state index in [4.69, 9.17) is 10.8 Å². The normalized spacial score (nSPS) is 16.6. The fourth-order valence-corrected chi connectivity index (χ4v) is 2.16. The van der Waals surface area contributed by atoms with Crippen LogP contribution in [0.3, 0.4) is 0 Å². The number of carbonyl (C=O) groups excluding carboxylic acids is 1. The number of piperazine rings is 1. The van der Waals surface area contributed by atoms with E-state index in [2.05, 4.69) is 4.90 Å². The third-order valence-electron chi connectivity index (χ3n) is 3.32. The van der Waals surface area contributed by atoms with Crippen molar-refractivity contribution < 1.29 is 14.3 Å². The highest BCUT2D eigenvalue weighted by Gasteiger charge is 2.22.